The van der Waals surface area contributed by atoms with Crippen LogP contribution >= 0.6 is 22.9 Å². The zero-order valence-corrected chi connectivity index (χ0v) is 8.20. The maximum absolute atomic E-state index is 10.5. The van der Waals surface area contributed by atoms with Gasteiger partial charge in [-0.05, 0) is 5.92 Å². The summed E-state index contributed by atoms with van der Waals surface area (Å²) >= 11 is 6.51. The lowest BCUT2D eigenvalue weighted by Crippen LogP contribution is -2.22. The van der Waals surface area contributed by atoms with Gasteiger partial charge in [-0.15, -0.1) is 11.3 Å². The molecule has 0 aromatic carbocycles. The first-order valence-corrected chi connectivity index (χ1v) is 4.59. The summed E-state index contributed by atoms with van der Waals surface area (Å²) in [4.78, 5) is 14.6. The second-order valence-electron chi connectivity index (χ2n) is 2.62. The van der Waals surface area contributed by atoms with Crippen molar-refractivity contribution in [2.45, 2.75) is 19.8 Å². The number of rotatable bonds is 2. The van der Waals surface area contributed by atoms with Gasteiger partial charge in [-0.2, -0.15) is 0 Å². The molecular weight excluding hydrogens is 198 g/mol. The molecule has 5 heteroatoms. The fourth-order valence-electron chi connectivity index (χ4n) is 0.842. The molecule has 0 saturated carbocycles. The maximum Gasteiger partial charge on any atom is 0.184 e. The molecule has 0 aliphatic rings. The smallest absolute Gasteiger partial charge is 0.184 e. The standard InChI is InChI=1S/C7H8ClNO2S/c1-3(2)4-5(6(10)11)12-7(8)9-4/h3H,1-2H3,(H,10,11)/p-1. The number of aromatic nitrogens is 1. The predicted molar refractivity (Wildman–Crippen MR) is 45.5 cm³/mol. The molecule has 0 saturated heterocycles. The van der Waals surface area contributed by atoms with Gasteiger partial charge in [-0.1, -0.05) is 25.4 Å². The quantitative estimate of drug-likeness (QED) is 0.730. The molecule has 0 bridgehead atoms. The van der Waals surface area contributed by atoms with E-state index in [2.05, 4.69) is 4.98 Å². The highest BCUT2D eigenvalue weighted by atomic mass is 35.5. The van der Waals surface area contributed by atoms with Crippen LogP contribution in [0.2, 0.25) is 4.47 Å². The molecular formula is C7H7ClNO2S-. The Morgan fingerprint density at radius 3 is 2.58 bits per heavy atom. The van der Waals surface area contributed by atoms with Crippen molar-refractivity contribution in [1.29, 1.82) is 0 Å². The molecule has 1 aromatic rings. The lowest BCUT2D eigenvalue weighted by molar-refractivity contribution is -0.254. The van der Waals surface area contributed by atoms with Gasteiger partial charge in [0.05, 0.1) is 16.5 Å². The van der Waals surface area contributed by atoms with Crippen molar-refractivity contribution in [3.63, 3.8) is 0 Å². The topological polar surface area (TPSA) is 53.0 Å². The highest BCUT2D eigenvalue weighted by Gasteiger charge is 2.13. The fraction of sp³-hybridized carbons (Fsp3) is 0.429. The van der Waals surface area contributed by atoms with Crippen molar-refractivity contribution in [2.24, 2.45) is 0 Å². The molecule has 1 aromatic heterocycles. The van der Waals surface area contributed by atoms with E-state index in [4.69, 9.17) is 11.6 Å². The number of nitrogens with zero attached hydrogens (tertiary/aromatic N) is 1. The van der Waals surface area contributed by atoms with Crippen molar-refractivity contribution < 1.29 is 9.90 Å². The Labute approximate surface area is 79.0 Å². The third-order valence-corrected chi connectivity index (χ3v) is 2.52. The lowest BCUT2D eigenvalue weighted by atomic mass is 10.1. The van der Waals surface area contributed by atoms with Crippen LogP contribution in [0.3, 0.4) is 0 Å². The molecule has 0 spiro atoms. The van der Waals surface area contributed by atoms with Gasteiger partial charge in [0.15, 0.2) is 4.47 Å². The fourth-order valence-corrected chi connectivity index (χ4v) is 1.95. The Balaban J connectivity index is 3.17. The number of halogens is 1. The highest BCUT2D eigenvalue weighted by Crippen LogP contribution is 2.27. The van der Waals surface area contributed by atoms with Gasteiger partial charge in [0.2, 0.25) is 0 Å². The largest absolute Gasteiger partial charge is 0.544 e. The molecule has 0 radical (unpaired) electrons. The Bertz CT molecular complexity index is 308. The van der Waals surface area contributed by atoms with Gasteiger partial charge in [-0.25, -0.2) is 4.98 Å². The number of carbonyl (C=O) groups excluding carboxylic acids is 1. The van der Waals surface area contributed by atoms with Crippen LogP contribution < -0.4 is 5.11 Å². The first-order valence-electron chi connectivity index (χ1n) is 3.40. The molecule has 1 heterocycles. The normalized spacial score (nSPS) is 10.7. The summed E-state index contributed by atoms with van der Waals surface area (Å²) in [5, 5.41) is 10.5. The van der Waals surface area contributed by atoms with E-state index in [9.17, 15) is 9.90 Å². The van der Waals surface area contributed by atoms with Crippen molar-refractivity contribution in [2.75, 3.05) is 0 Å². The van der Waals surface area contributed by atoms with E-state index in [0.29, 0.717) is 5.69 Å². The molecule has 0 atom stereocenters. The molecule has 0 N–H and O–H groups in total. The van der Waals surface area contributed by atoms with Gasteiger partial charge in [-0.3, -0.25) is 0 Å². The van der Waals surface area contributed by atoms with Crippen LogP contribution in [0.5, 0.6) is 0 Å². The van der Waals surface area contributed by atoms with Crippen LogP contribution in [0.1, 0.15) is 35.1 Å². The van der Waals surface area contributed by atoms with Crippen LogP contribution in [0.15, 0.2) is 0 Å². The average molecular weight is 205 g/mol. The Morgan fingerprint density at radius 1 is 1.67 bits per heavy atom. The number of aromatic carboxylic acids is 1. The first kappa shape index (κ1) is 9.48. The maximum atomic E-state index is 10.5. The Morgan fingerprint density at radius 2 is 2.25 bits per heavy atom. The molecule has 12 heavy (non-hydrogen) atoms. The van der Waals surface area contributed by atoms with Gasteiger partial charge in [0.25, 0.3) is 0 Å². The van der Waals surface area contributed by atoms with E-state index in [1.165, 1.54) is 0 Å². The summed E-state index contributed by atoms with van der Waals surface area (Å²) in [7, 11) is 0. The SMILES string of the molecule is CC(C)c1nc(Cl)sc1C(=O)[O-]. The summed E-state index contributed by atoms with van der Waals surface area (Å²) in [6.45, 7) is 3.72. The van der Waals surface area contributed by atoms with E-state index < -0.39 is 5.97 Å². The van der Waals surface area contributed by atoms with Crippen LogP contribution in [-0.4, -0.2) is 11.0 Å². The van der Waals surface area contributed by atoms with Crippen LogP contribution in [0.25, 0.3) is 0 Å². The van der Waals surface area contributed by atoms with E-state index in [-0.39, 0.29) is 15.3 Å². The van der Waals surface area contributed by atoms with Crippen LogP contribution in [0, 0.1) is 0 Å². The van der Waals surface area contributed by atoms with Crippen molar-refractivity contribution in [3.8, 4) is 0 Å². The molecule has 0 unspecified atom stereocenters. The number of carboxylic acids is 1. The summed E-state index contributed by atoms with van der Waals surface area (Å²) in [5.41, 5.74) is 0.505. The summed E-state index contributed by atoms with van der Waals surface area (Å²) < 4.78 is 0.248. The molecule has 0 aliphatic carbocycles. The molecule has 0 fully saturated rings. The second kappa shape index (κ2) is 3.41. The lowest BCUT2D eigenvalue weighted by Gasteiger charge is -2.04. The third kappa shape index (κ3) is 1.76. The van der Waals surface area contributed by atoms with E-state index in [0.717, 1.165) is 11.3 Å². The highest BCUT2D eigenvalue weighted by molar-refractivity contribution is 7.17. The van der Waals surface area contributed by atoms with Crippen molar-refractivity contribution >= 4 is 28.9 Å². The average Bonchev–Trinajstić information content (AvgIpc) is 2.31. The first-order chi connectivity index (χ1) is 5.52. The molecule has 3 nitrogen and oxygen atoms in total. The molecule has 66 valence electrons. The van der Waals surface area contributed by atoms with Gasteiger partial charge >= 0.3 is 0 Å². The number of thiazole rings is 1. The number of carboxylic acid groups (broad SMARTS) is 1. The van der Waals surface area contributed by atoms with E-state index in [1.54, 1.807) is 0 Å². The minimum atomic E-state index is -1.21. The van der Waals surface area contributed by atoms with Crippen LogP contribution in [0.4, 0.5) is 0 Å². The monoisotopic (exact) mass is 204 g/mol. The Hall–Kier alpha value is -0.610. The third-order valence-electron chi connectivity index (χ3n) is 1.36. The molecule has 0 aliphatic heterocycles. The zero-order valence-electron chi connectivity index (χ0n) is 6.63. The van der Waals surface area contributed by atoms with Gasteiger partial charge in [0, 0.05) is 0 Å². The summed E-state index contributed by atoms with van der Waals surface area (Å²) in [5.74, 6) is -1.15. The van der Waals surface area contributed by atoms with Gasteiger partial charge in [0.1, 0.15) is 0 Å². The van der Waals surface area contributed by atoms with Crippen molar-refractivity contribution in [3.05, 3.63) is 15.0 Å². The number of hydrogen-bond donors (Lipinski definition) is 0. The van der Waals surface area contributed by atoms with Crippen molar-refractivity contribution in [1.82, 2.24) is 4.98 Å². The number of carbonyl (C=O) groups is 1. The van der Waals surface area contributed by atoms with Crippen LogP contribution in [-0.2, 0) is 0 Å². The number of hydrogen-bond acceptors (Lipinski definition) is 4. The molecule has 0 amide bonds. The predicted octanol–water partition coefficient (Wildman–Crippen LogP) is 1.28. The van der Waals surface area contributed by atoms with Gasteiger partial charge < -0.3 is 9.90 Å². The Kier molecular flexibility index (Phi) is 2.69. The van der Waals surface area contributed by atoms with E-state index >= 15 is 0 Å². The summed E-state index contributed by atoms with van der Waals surface area (Å²) in [6.07, 6.45) is 0. The van der Waals surface area contributed by atoms with E-state index in [1.807, 2.05) is 13.8 Å². The second-order valence-corrected chi connectivity index (χ2v) is 4.20. The minimum Gasteiger partial charge on any atom is -0.544 e. The summed E-state index contributed by atoms with van der Waals surface area (Å²) in [6, 6.07) is 0. The molecule has 1 rings (SSSR count). The minimum absolute atomic E-state index is 0.0571. The zero-order chi connectivity index (χ0) is 9.30.